The van der Waals surface area contributed by atoms with Crippen LogP contribution in [-0.2, 0) is 0 Å². The van der Waals surface area contributed by atoms with E-state index in [9.17, 15) is 8.78 Å². The molecule has 1 aromatic rings. The van der Waals surface area contributed by atoms with E-state index in [2.05, 4.69) is 4.99 Å². The molecule has 0 radical (unpaired) electrons. The second-order valence-electron chi connectivity index (χ2n) is 2.44. The van der Waals surface area contributed by atoms with Crippen molar-refractivity contribution in [3.05, 3.63) is 23.8 Å². The van der Waals surface area contributed by atoms with Gasteiger partial charge in [-0.1, -0.05) is 0 Å². The van der Waals surface area contributed by atoms with Crippen LogP contribution in [0.15, 0.2) is 23.2 Å². The van der Waals surface area contributed by atoms with Crippen molar-refractivity contribution in [1.82, 2.24) is 0 Å². The highest BCUT2D eigenvalue weighted by atomic mass is 19.3. The Morgan fingerprint density at radius 1 is 1.31 bits per heavy atom. The molecule has 0 saturated heterocycles. The highest BCUT2D eigenvalue weighted by Crippen LogP contribution is 2.13. The third-order valence-electron chi connectivity index (χ3n) is 1.44. The van der Waals surface area contributed by atoms with Gasteiger partial charge in [-0.25, -0.2) is 4.99 Å². The van der Waals surface area contributed by atoms with Gasteiger partial charge in [-0.05, 0) is 18.2 Å². The lowest BCUT2D eigenvalue weighted by Crippen LogP contribution is -1.96. The molecule has 1 rings (SSSR count). The minimum absolute atomic E-state index is 0.374. The fourth-order valence-corrected chi connectivity index (χ4v) is 0.842. The molecular formula is C8H9F2N3. The first-order valence-corrected chi connectivity index (χ1v) is 3.56. The zero-order valence-electron chi connectivity index (χ0n) is 6.74. The minimum atomic E-state index is -2.72. The summed E-state index contributed by atoms with van der Waals surface area (Å²) in [7, 11) is 0. The van der Waals surface area contributed by atoms with Crippen molar-refractivity contribution in [3.8, 4) is 0 Å². The fourth-order valence-electron chi connectivity index (χ4n) is 0.842. The van der Waals surface area contributed by atoms with Gasteiger partial charge >= 0.3 is 6.55 Å². The Balaban J connectivity index is 2.93. The Labute approximate surface area is 74.1 Å². The summed E-state index contributed by atoms with van der Waals surface area (Å²) >= 11 is 0. The molecule has 0 bridgehead atoms. The van der Waals surface area contributed by atoms with Crippen molar-refractivity contribution < 1.29 is 8.78 Å². The molecule has 5 heteroatoms. The molecule has 0 spiro atoms. The lowest BCUT2D eigenvalue weighted by atomic mass is 10.2. The third-order valence-corrected chi connectivity index (χ3v) is 1.44. The maximum atomic E-state index is 11.7. The lowest BCUT2D eigenvalue weighted by molar-refractivity contribution is 0.161. The molecule has 0 amide bonds. The van der Waals surface area contributed by atoms with Crippen LogP contribution in [0.2, 0.25) is 0 Å². The highest BCUT2D eigenvalue weighted by molar-refractivity contribution is 5.88. The van der Waals surface area contributed by atoms with Gasteiger partial charge in [-0.2, -0.15) is 8.78 Å². The molecule has 0 saturated carbocycles. The van der Waals surface area contributed by atoms with E-state index < -0.39 is 6.55 Å². The molecule has 0 fully saturated rings. The first-order valence-electron chi connectivity index (χ1n) is 3.56. The van der Waals surface area contributed by atoms with Crippen LogP contribution in [0.1, 0.15) is 5.56 Å². The Morgan fingerprint density at radius 2 is 2.00 bits per heavy atom. The van der Waals surface area contributed by atoms with Gasteiger partial charge in [0.05, 0.1) is 0 Å². The maximum Gasteiger partial charge on any atom is 0.331 e. The van der Waals surface area contributed by atoms with Gasteiger partial charge < -0.3 is 11.5 Å². The van der Waals surface area contributed by atoms with Crippen LogP contribution in [-0.4, -0.2) is 12.8 Å². The molecule has 70 valence electrons. The van der Waals surface area contributed by atoms with Gasteiger partial charge in [-0.3, -0.25) is 0 Å². The molecule has 13 heavy (non-hydrogen) atoms. The average Bonchev–Trinajstić information content (AvgIpc) is 2.06. The molecule has 0 aromatic heterocycles. The van der Waals surface area contributed by atoms with Crippen molar-refractivity contribution >= 4 is 17.6 Å². The zero-order valence-corrected chi connectivity index (χ0v) is 6.74. The molecule has 0 heterocycles. The summed E-state index contributed by atoms with van der Waals surface area (Å²) in [6.45, 7) is -2.72. The molecule has 0 unspecified atom stereocenters. The Morgan fingerprint density at radius 3 is 2.62 bits per heavy atom. The second kappa shape index (κ2) is 3.84. The van der Waals surface area contributed by atoms with E-state index >= 15 is 0 Å². The van der Waals surface area contributed by atoms with Crippen molar-refractivity contribution in [2.45, 2.75) is 6.55 Å². The van der Waals surface area contributed by atoms with Gasteiger partial charge in [0, 0.05) is 23.2 Å². The number of alkyl halides is 2. The van der Waals surface area contributed by atoms with E-state index in [-0.39, 0.29) is 0 Å². The smallest absolute Gasteiger partial charge is 0.331 e. The number of nitrogen functional groups attached to an aromatic ring is 2. The Bertz CT molecular complexity index is 323. The molecule has 4 N–H and O–H groups in total. The van der Waals surface area contributed by atoms with E-state index in [4.69, 9.17) is 11.5 Å². The Kier molecular flexibility index (Phi) is 2.79. The number of hydrogen-bond donors (Lipinski definition) is 2. The lowest BCUT2D eigenvalue weighted by Gasteiger charge is -2.00. The fraction of sp³-hybridized carbons (Fsp3) is 0.125. The number of benzene rings is 1. The topological polar surface area (TPSA) is 64.4 Å². The van der Waals surface area contributed by atoms with Crippen LogP contribution in [0.3, 0.4) is 0 Å². The second-order valence-corrected chi connectivity index (χ2v) is 2.44. The summed E-state index contributed by atoms with van der Waals surface area (Å²) in [5.41, 5.74) is 12.2. The molecule has 3 nitrogen and oxygen atoms in total. The average molecular weight is 185 g/mol. The number of nitrogens with zero attached hydrogens (tertiary/aromatic N) is 1. The predicted molar refractivity (Wildman–Crippen MR) is 48.9 cm³/mol. The van der Waals surface area contributed by atoms with Gasteiger partial charge in [0.2, 0.25) is 0 Å². The molecule has 0 aliphatic rings. The normalized spacial score (nSPS) is 11.3. The van der Waals surface area contributed by atoms with Gasteiger partial charge in [0.1, 0.15) is 0 Å². The van der Waals surface area contributed by atoms with E-state index in [1.807, 2.05) is 0 Å². The van der Waals surface area contributed by atoms with Crippen LogP contribution in [0.25, 0.3) is 0 Å². The van der Waals surface area contributed by atoms with E-state index in [0.29, 0.717) is 16.9 Å². The van der Waals surface area contributed by atoms with Crippen LogP contribution in [0.4, 0.5) is 20.2 Å². The summed E-state index contributed by atoms with van der Waals surface area (Å²) < 4.78 is 23.4. The SMILES string of the molecule is Nc1ccc(N)c(/C=N/C(F)F)c1. The van der Waals surface area contributed by atoms with Crippen molar-refractivity contribution in [3.63, 3.8) is 0 Å². The largest absolute Gasteiger partial charge is 0.399 e. The van der Waals surface area contributed by atoms with Gasteiger partial charge in [0.15, 0.2) is 0 Å². The highest BCUT2D eigenvalue weighted by Gasteiger charge is 1.98. The van der Waals surface area contributed by atoms with Crippen molar-refractivity contribution in [1.29, 1.82) is 0 Å². The number of rotatable bonds is 2. The van der Waals surface area contributed by atoms with Crippen LogP contribution < -0.4 is 11.5 Å². The van der Waals surface area contributed by atoms with Gasteiger partial charge in [-0.15, -0.1) is 0 Å². The number of anilines is 2. The van der Waals surface area contributed by atoms with Crippen LogP contribution in [0, 0.1) is 0 Å². The summed E-state index contributed by atoms with van der Waals surface area (Å²) in [5, 5.41) is 0. The van der Waals surface area contributed by atoms with Gasteiger partial charge in [0.25, 0.3) is 0 Å². The summed E-state index contributed by atoms with van der Waals surface area (Å²) in [5.74, 6) is 0. The first kappa shape index (κ1) is 9.44. The van der Waals surface area contributed by atoms with Crippen LogP contribution in [0.5, 0.6) is 0 Å². The number of aliphatic imine (C=N–C) groups is 1. The molecule has 0 aliphatic heterocycles. The van der Waals surface area contributed by atoms with Crippen molar-refractivity contribution in [2.75, 3.05) is 11.5 Å². The first-order chi connectivity index (χ1) is 6.09. The zero-order chi connectivity index (χ0) is 9.84. The van der Waals surface area contributed by atoms with E-state index in [0.717, 1.165) is 6.21 Å². The minimum Gasteiger partial charge on any atom is -0.399 e. The number of hydrogen-bond acceptors (Lipinski definition) is 3. The molecule has 0 atom stereocenters. The molecule has 0 aliphatic carbocycles. The summed E-state index contributed by atoms with van der Waals surface area (Å²) in [4.78, 5) is 2.90. The van der Waals surface area contributed by atoms with Crippen molar-refractivity contribution in [2.24, 2.45) is 4.99 Å². The summed E-state index contributed by atoms with van der Waals surface area (Å²) in [6.07, 6.45) is 1.01. The Hall–Kier alpha value is -1.65. The standard InChI is InChI=1S/C8H9F2N3/c9-8(10)13-4-5-3-6(11)1-2-7(5)12/h1-4,8H,11-12H2/b13-4+. The summed E-state index contributed by atoms with van der Waals surface area (Å²) in [6, 6.07) is 4.62. The maximum absolute atomic E-state index is 11.7. The van der Waals surface area contributed by atoms with E-state index in [1.165, 1.54) is 6.07 Å². The molecule has 1 aromatic carbocycles. The quantitative estimate of drug-likeness (QED) is 0.416. The van der Waals surface area contributed by atoms with Crippen LogP contribution >= 0.6 is 0 Å². The predicted octanol–water partition coefficient (Wildman–Crippen LogP) is 1.49. The number of nitrogens with two attached hydrogens (primary N) is 2. The third kappa shape index (κ3) is 2.70. The molecular weight excluding hydrogens is 176 g/mol. The number of halogens is 2. The van der Waals surface area contributed by atoms with E-state index in [1.54, 1.807) is 12.1 Å². The monoisotopic (exact) mass is 185 g/mol.